The Morgan fingerprint density at radius 3 is 2.28 bits per heavy atom. The van der Waals surface area contributed by atoms with Crippen molar-refractivity contribution in [3.63, 3.8) is 0 Å². The summed E-state index contributed by atoms with van der Waals surface area (Å²) in [5, 5.41) is 0. The maximum absolute atomic E-state index is 3.43. The molecule has 1 rings (SSSR count). The van der Waals surface area contributed by atoms with Gasteiger partial charge in [-0.2, -0.15) is 0 Å². The van der Waals surface area contributed by atoms with E-state index >= 15 is 0 Å². The summed E-state index contributed by atoms with van der Waals surface area (Å²) in [4.78, 5) is 0. The van der Waals surface area contributed by atoms with Crippen LogP contribution in [0.4, 0.5) is 0 Å². The smallest absolute Gasteiger partial charge is 0.0146 e. The molecule has 0 heterocycles. The molecule has 18 heavy (non-hydrogen) atoms. The van der Waals surface area contributed by atoms with Crippen molar-refractivity contribution in [3.8, 4) is 0 Å². The lowest BCUT2D eigenvalue weighted by Crippen LogP contribution is -1.94. The molecule has 1 aromatic rings. The monoisotopic (exact) mass is 245 g/mol. The van der Waals surface area contributed by atoms with Gasteiger partial charge in [0.1, 0.15) is 0 Å². The molecule has 0 N–H and O–H groups in total. The van der Waals surface area contributed by atoms with Gasteiger partial charge >= 0.3 is 0 Å². The molecule has 0 aliphatic carbocycles. The Morgan fingerprint density at radius 1 is 0.833 bits per heavy atom. The molecule has 0 saturated carbocycles. The van der Waals surface area contributed by atoms with Crippen LogP contribution in [0.5, 0.6) is 0 Å². The Kier molecular flexibility index (Phi) is 8.63. The highest BCUT2D eigenvalue weighted by Gasteiger charge is 2.01. The highest BCUT2D eigenvalue weighted by Crippen LogP contribution is 2.15. The van der Waals surface area contributed by atoms with Crippen LogP contribution in [0.1, 0.15) is 76.3 Å². The largest absolute Gasteiger partial charge is 0.0654 e. The molecule has 0 heteroatoms. The van der Waals surface area contributed by atoms with Crippen LogP contribution in [0, 0.1) is 6.07 Å². The van der Waals surface area contributed by atoms with Crippen molar-refractivity contribution >= 4 is 0 Å². The maximum Gasteiger partial charge on any atom is -0.0146 e. The lowest BCUT2D eigenvalue weighted by molar-refractivity contribution is 0.588. The van der Waals surface area contributed by atoms with Crippen LogP contribution >= 0.6 is 0 Å². The molecule has 0 nitrogen and oxygen atoms in total. The zero-order chi connectivity index (χ0) is 13.1. The second-order valence-electron chi connectivity index (χ2n) is 5.30. The molecule has 0 bridgehead atoms. The molecule has 0 fully saturated rings. The minimum atomic E-state index is 1.21. The van der Waals surface area contributed by atoms with Gasteiger partial charge in [0.15, 0.2) is 0 Å². The first-order chi connectivity index (χ1) is 8.88. The summed E-state index contributed by atoms with van der Waals surface area (Å²) in [5.74, 6) is 0. The summed E-state index contributed by atoms with van der Waals surface area (Å²) >= 11 is 0. The highest BCUT2D eigenvalue weighted by molar-refractivity contribution is 5.26. The molecule has 1 aromatic carbocycles. The zero-order valence-electron chi connectivity index (χ0n) is 12.3. The summed E-state index contributed by atoms with van der Waals surface area (Å²) in [6, 6.07) is 9.90. The summed E-state index contributed by atoms with van der Waals surface area (Å²) < 4.78 is 0. The van der Waals surface area contributed by atoms with E-state index < -0.39 is 0 Å². The van der Waals surface area contributed by atoms with E-state index in [1.54, 1.807) is 0 Å². The number of benzene rings is 1. The van der Waals surface area contributed by atoms with Crippen LogP contribution in [-0.2, 0) is 12.8 Å². The normalized spacial score (nSPS) is 10.8. The van der Waals surface area contributed by atoms with Crippen molar-refractivity contribution in [2.24, 2.45) is 0 Å². The van der Waals surface area contributed by atoms with Crippen LogP contribution in [0.15, 0.2) is 18.2 Å². The van der Waals surface area contributed by atoms with E-state index in [2.05, 4.69) is 38.1 Å². The number of aryl methyl sites for hydroxylation is 2. The predicted octanol–water partition coefficient (Wildman–Crippen LogP) is 5.73. The van der Waals surface area contributed by atoms with Crippen LogP contribution in [-0.4, -0.2) is 0 Å². The topological polar surface area (TPSA) is 0 Å². The van der Waals surface area contributed by atoms with Gasteiger partial charge in [0.2, 0.25) is 0 Å². The first-order valence-corrected chi connectivity index (χ1v) is 7.87. The van der Waals surface area contributed by atoms with Crippen molar-refractivity contribution in [2.75, 3.05) is 0 Å². The average Bonchev–Trinajstić information content (AvgIpc) is 2.40. The third kappa shape index (κ3) is 6.23. The fourth-order valence-corrected chi connectivity index (χ4v) is 2.50. The van der Waals surface area contributed by atoms with Crippen molar-refractivity contribution in [2.45, 2.75) is 78.1 Å². The predicted molar refractivity (Wildman–Crippen MR) is 81.0 cm³/mol. The summed E-state index contributed by atoms with van der Waals surface area (Å²) in [6.45, 7) is 4.53. The van der Waals surface area contributed by atoms with Crippen LogP contribution in [0.3, 0.4) is 0 Å². The molecule has 0 aromatic heterocycles. The molecule has 0 unspecified atom stereocenters. The molecule has 0 aliphatic heterocycles. The Labute approximate surface area is 114 Å². The van der Waals surface area contributed by atoms with Gasteiger partial charge in [0.25, 0.3) is 0 Å². The highest BCUT2D eigenvalue weighted by atomic mass is 14.1. The molecule has 0 spiro atoms. The fraction of sp³-hybridized carbons (Fsp3) is 0.667. The minimum absolute atomic E-state index is 1.21. The van der Waals surface area contributed by atoms with Gasteiger partial charge in [-0.3, -0.25) is 0 Å². The van der Waals surface area contributed by atoms with E-state index in [1.165, 1.54) is 75.3 Å². The van der Waals surface area contributed by atoms with E-state index in [1.807, 2.05) is 0 Å². The van der Waals surface area contributed by atoms with E-state index in [0.717, 1.165) is 0 Å². The summed E-state index contributed by atoms with van der Waals surface area (Å²) in [5.41, 5.74) is 2.99. The molecular formula is C18H29. The van der Waals surface area contributed by atoms with Crippen molar-refractivity contribution in [1.82, 2.24) is 0 Å². The lowest BCUT2D eigenvalue weighted by atomic mass is 9.98. The van der Waals surface area contributed by atoms with Gasteiger partial charge in [-0.15, -0.1) is 0 Å². The van der Waals surface area contributed by atoms with Crippen LogP contribution in [0.2, 0.25) is 0 Å². The molecular weight excluding hydrogens is 216 g/mol. The van der Waals surface area contributed by atoms with E-state index in [9.17, 15) is 0 Å². The molecule has 0 amide bonds. The van der Waals surface area contributed by atoms with Crippen molar-refractivity contribution in [3.05, 3.63) is 35.4 Å². The van der Waals surface area contributed by atoms with Crippen molar-refractivity contribution < 1.29 is 0 Å². The molecule has 0 atom stereocenters. The summed E-state index contributed by atoms with van der Waals surface area (Å²) in [6.07, 6.45) is 13.4. The lowest BCUT2D eigenvalue weighted by Gasteiger charge is -2.08. The fourth-order valence-electron chi connectivity index (χ4n) is 2.50. The molecule has 1 radical (unpaired) electrons. The first-order valence-electron chi connectivity index (χ1n) is 7.87. The van der Waals surface area contributed by atoms with Gasteiger partial charge in [-0.25, -0.2) is 0 Å². The van der Waals surface area contributed by atoms with Gasteiger partial charge in [-0.05, 0) is 36.5 Å². The number of rotatable bonds is 10. The van der Waals surface area contributed by atoms with E-state index in [0.29, 0.717) is 0 Å². The Hall–Kier alpha value is -0.780. The number of hydrogen-bond acceptors (Lipinski definition) is 0. The van der Waals surface area contributed by atoms with Gasteiger partial charge in [-0.1, -0.05) is 77.0 Å². The Bertz CT molecular complexity index is 301. The van der Waals surface area contributed by atoms with E-state index in [4.69, 9.17) is 0 Å². The van der Waals surface area contributed by atoms with Crippen LogP contribution < -0.4 is 0 Å². The minimum Gasteiger partial charge on any atom is -0.0654 e. The van der Waals surface area contributed by atoms with E-state index in [-0.39, 0.29) is 0 Å². The molecule has 0 saturated heterocycles. The average molecular weight is 245 g/mol. The standard InChI is InChI=1S/C18H29/c1-3-5-6-7-8-9-10-14-18-16-12-11-15-17(18)13-4-2/h11-12,15H,3-10,13-14H2,1-2H3. The zero-order valence-corrected chi connectivity index (χ0v) is 12.3. The van der Waals surface area contributed by atoms with Gasteiger partial charge in [0, 0.05) is 0 Å². The second-order valence-corrected chi connectivity index (χ2v) is 5.30. The second kappa shape index (κ2) is 10.2. The maximum atomic E-state index is 3.43. The molecule has 101 valence electrons. The van der Waals surface area contributed by atoms with Gasteiger partial charge < -0.3 is 0 Å². The quantitative estimate of drug-likeness (QED) is 0.462. The first kappa shape index (κ1) is 15.3. The number of hydrogen-bond donors (Lipinski definition) is 0. The Balaban J connectivity index is 2.18. The molecule has 0 aliphatic rings. The summed E-state index contributed by atoms with van der Waals surface area (Å²) in [7, 11) is 0. The van der Waals surface area contributed by atoms with Crippen molar-refractivity contribution in [1.29, 1.82) is 0 Å². The van der Waals surface area contributed by atoms with Crippen LogP contribution in [0.25, 0.3) is 0 Å². The SMILES string of the molecule is CCCCCCCCCc1[c]cccc1CCC. The third-order valence-electron chi connectivity index (χ3n) is 3.59. The van der Waals surface area contributed by atoms with Gasteiger partial charge in [0.05, 0.1) is 0 Å². The third-order valence-corrected chi connectivity index (χ3v) is 3.59. The number of unbranched alkanes of at least 4 members (excludes halogenated alkanes) is 6. The Morgan fingerprint density at radius 2 is 1.56 bits per heavy atom.